The second kappa shape index (κ2) is 3.16. The first-order valence-electron chi connectivity index (χ1n) is 4.32. The summed E-state index contributed by atoms with van der Waals surface area (Å²) in [6.45, 7) is 0.772. The Kier molecular flexibility index (Phi) is 2.00. The summed E-state index contributed by atoms with van der Waals surface area (Å²) in [5.74, 6) is -0.422. The minimum Gasteiger partial charge on any atom is -0.481 e. The SMILES string of the molecule is O=C(O)C1CC1CCn1cncn1. The van der Waals surface area contributed by atoms with Crippen molar-refractivity contribution in [3.8, 4) is 0 Å². The smallest absolute Gasteiger partial charge is 0.306 e. The van der Waals surface area contributed by atoms with E-state index in [1.165, 1.54) is 6.33 Å². The van der Waals surface area contributed by atoms with E-state index in [0.29, 0.717) is 5.92 Å². The van der Waals surface area contributed by atoms with E-state index in [1.54, 1.807) is 11.0 Å². The molecule has 0 aromatic carbocycles. The van der Waals surface area contributed by atoms with Crippen LogP contribution in [0, 0.1) is 11.8 Å². The van der Waals surface area contributed by atoms with Gasteiger partial charge in [0, 0.05) is 6.54 Å². The second-order valence-electron chi connectivity index (χ2n) is 3.39. The zero-order valence-electron chi connectivity index (χ0n) is 7.13. The fourth-order valence-electron chi connectivity index (χ4n) is 1.52. The number of carboxylic acid groups (broad SMARTS) is 1. The molecular formula is C8H11N3O2. The average molecular weight is 181 g/mol. The molecule has 5 nitrogen and oxygen atoms in total. The van der Waals surface area contributed by atoms with Crippen LogP contribution in [0.5, 0.6) is 0 Å². The van der Waals surface area contributed by atoms with Gasteiger partial charge in [0.15, 0.2) is 0 Å². The summed E-state index contributed by atoms with van der Waals surface area (Å²) in [5.41, 5.74) is 0. The fraction of sp³-hybridized carbons (Fsp3) is 0.625. The standard InChI is InChI=1S/C8H11N3O2/c12-8(13)7-3-6(7)1-2-11-5-9-4-10-11/h4-7H,1-3H2,(H,12,13). The molecule has 1 N–H and O–H groups in total. The summed E-state index contributed by atoms with van der Waals surface area (Å²) in [6, 6.07) is 0. The number of carbonyl (C=O) groups is 1. The fourth-order valence-corrected chi connectivity index (χ4v) is 1.52. The molecule has 1 aromatic rings. The lowest BCUT2D eigenvalue weighted by Gasteiger charge is -1.97. The van der Waals surface area contributed by atoms with Crippen molar-refractivity contribution >= 4 is 5.97 Å². The molecule has 2 atom stereocenters. The van der Waals surface area contributed by atoms with Gasteiger partial charge in [-0.15, -0.1) is 0 Å². The number of nitrogens with zero attached hydrogens (tertiary/aromatic N) is 3. The normalized spacial score (nSPS) is 25.8. The lowest BCUT2D eigenvalue weighted by Crippen LogP contribution is -2.03. The molecule has 1 aliphatic rings. The number of carboxylic acids is 1. The maximum Gasteiger partial charge on any atom is 0.306 e. The largest absolute Gasteiger partial charge is 0.481 e. The lowest BCUT2D eigenvalue weighted by molar-refractivity contribution is -0.138. The highest BCUT2D eigenvalue weighted by Crippen LogP contribution is 2.41. The Bertz CT molecular complexity index is 296. The second-order valence-corrected chi connectivity index (χ2v) is 3.39. The molecule has 1 fully saturated rings. The highest BCUT2D eigenvalue weighted by atomic mass is 16.4. The van der Waals surface area contributed by atoms with Crippen LogP contribution in [-0.2, 0) is 11.3 Å². The summed E-state index contributed by atoms with van der Waals surface area (Å²) < 4.78 is 1.73. The Morgan fingerprint density at radius 2 is 2.54 bits per heavy atom. The molecule has 2 unspecified atom stereocenters. The van der Waals surface area contributed by atoms with Gasteiger partial charge in [-0.2, -0.15) is 5.10 Å². The van der Waals surface area contributed by atoms with Crippen LogP contribution in [0.25, 0.3) is 0 Å². The van der Waals surface area contributed by atoms with Gasteiger partial charge in [-0.3, -0.25) is 9.48 Å². The van der Waals surface area contributed by atoms with E-state index in [-0.39, 0.29) is 5.92 Å². The zero-order chi connectivity index (χ0) is 9.26. The van der Waals surface area contributed by atoms with E-state index in [1.807, 2.05) is 0 Å². The van der Waals surface area contributed by atoms with Crippen molar-refractivity contribution in [3.05, 3.63) is 12.7 Å². The molecule has 1 heterocycles. The van der Waals surface area contributed by atoms with Crippen molar-refractivity contribution in [2.45, 2.75) is 19.4 Å². The van der Waals surface area contributed by atoms with Gasteiger partial charge in [0.25, 0.3) is 0 Å². The molecule has 0 spiro atoms. The molecule has 5 heteroatoms. The first-order valence-corrected chi connectivity index (χ1v) is 4.32. The summed E-state index contributed by atoms with van der Waals surface area (Å²) in [6.07, 6.45) is 4.85. The minimum absolute atomic E-state index is 0.108. The summed E-state index contributed by atoms with van der Waals surface area (Å²) in [7, 11) is 0. The average Bonchev–Trinajstić information content (AvgIpc) is 2.70. The number of hydrogen-bond acceptors (Lipinski definition) is 3. The molecule has 1 aromatic heterocycles. The Hall–Kier alpha value is -1.39. The van der Waals surface area contributed by atoms with Crippen LogP contribution in [0.1, 0.15) is 12.8 Å². The van der Waals surface area contributed by atoms with Crippen molar-refractivity contribution < 1.29 is 9.90 Å². The van der Waals surface area contributed by atoms with Crippen LogP contribution in [0.3, 0.4) is 0 Å². The number of aryl methyl sites for hydroxylation is 1. The van der Waals surface area contributed by atoms with Gasteiger partial charge in [0.05, 0.1) is 5.92 Å². The topological polar surface area (TPSA) is 68.0 Å². The maximum atomic E-state index is 10.5. The van der Waals surface area contributed by atoms with E-state index in [4.69, 9.17) is 5.11 Å². The van der Waals surface area contributed by atoms with E-state index in [2.05, 4.69) is 10.1 Å². The van der Waals surface area contributed by atoms with Crippen molar-refractivity contribution in [2.75, 3.05) is 0 Å². The van der Waals surface area contributed by atoms with Crippen LogP contribution in [-0.4, -0.2) is 25.8 Å². The summed E-state index contributed by atoms with van der Waals surface area (Å²) in [5, 5.41) is 12.6. The molecule has 0 aliphatic heterocycles. The van der Waals surface area contributed by atoms with Gasteiger partial charge in [-0.1, -0.05) is 0 Å². The molecule has 13 heavy (non-hydrogen) atoms. The third kappa shape index (κ3) is 1.85. The number of aliphatic carboxylic acids is 1. The molecule has 1 saturated carbocycles. The molecule has 2 rings (SSSR count). The number of hydrogen-bond donors (Lipinski definition) is 1. The predicted molar refractivity (Wildman–Crippen MR) is 43.9 cm³/mol. The number of rotatable bonds is 4. The molecule has 0 amide bonds. The Balaban J connectivity index is 1.74. The third-order valence-electron chi connectivity index (χ3n) is 2.44. The summed E-state index contributed by atoms with van der Waals surface area (Å²) in [4.78, 5) is 14.3. The van der Waals surface area contributed by atoms with Crippen LogP contribution in [0.4, 0.5) is 0 Å². The zero-order valence-corrected chi connectivity index (χ0v) is 7.13. The number of aromatic nitrogens is 3. The highest BCUT2D eigenvalue weighted by Gasteiger charge is 2.42. The molecule has 0 saturated heterocycles. The van der Waals surface area contributed by atoms with E-state index in [0.717, 1.165) is 19.4 Å². The molecule has 0 bridgehead atoms. The first-order chi connectivity index (χ1) is 6.27. The monoisotopic (exact) mass is 181 g/mol. The van der Waals surface area contributed by atoms with Crippen molar-refractivity contribution in [3.63, 3.8) is 0 Å². The molecular weight excluding hydrogens is 170 g/mol. The Labute approximate surface area is 75.4 Å². The quantitative estimate of drug-likeness (QED) is 0.729. The van der Waals surface area contributed by atoms with Gasteiger partial charge < -0.3 is 5.11 Å². The van der Waals surface area contributed by atoms with Crippen LogP contribution in [0.15, 0.2) is 12.7 Å². The van der Waals surface area contributed by atoms with Crippen LogP contribution >= 0.6 is 0 Å². The first kappa shape index (κ1) is 8.22. The van der Waals surface area contributed by atoms with Gasteiger partial charge in [0.2, 0.25) is 0 Å². The third-order valence-corrected chi connectivity index (χ3v) is 2.44. The Morgan fingerprint density at radius 1 is 1.69 bits per heavy atom. The van der Waals surface area contributed by atoms with E-state index < -0.39 is 5.97 Å². The van der Waals surface area contributed by atoms with Crippen LogP contribution in [0.2, 0.25) is 0 Å². The molecule has 0 radical (unpaired) electrons. The van der Waals surface area contributed by atoms with E-state index >= 15 is 0 Å². The van der Waals surface area contributed by atoms with Gasteiger partial charge >= 0.3 is 5.97 Å². The van der Waals surface area contributed by atoms with Gasteiger partial charge in [-0.25, -0.2) is 4.98 Å². The maximum absolute atomic E-state index is 10.5. The van der Waals surface area contributed by atoms with Crippen LogP contribution < -0.4 is 0 Å². The van der Waals surface area contributed by atoms with E-state index in [9.17, 15) is 4.79 Å². The van der Waals surface area contributed by atoms with Gasteiger partial charge in [-0.05, 0) is 18.8 Å². The molecule has 1 aliphatic carbocycles. The van der Waals surface area contributed by atoms with Crippen molar-refractivity contribution in [2.24, 2.45) is 11.8 Å². The van der Waals surface area contributed by atoms with Gasteiger partial charge in [0.1, 0.15) is 12.7 Å². The Morgan fingerprint density at radius 3 is 3.08 bits per heavy atom. The minimum atomic E-state index is -0.663. The van der Waals surface area contributed by atoms with Crippen molar-refractivity contribution in [1.82, 2.24) is 14.8 Å². The predicted octanol–water partition coefficient (Wildman–Crippen LogP) is 0.389. The molecule has 70 valence electrons. The highest BCUT2D eigenvalue weighted by molar-refractivity contribution is 5.73. The van der Waals surface area contributed by atoms with Crippen molar-refractivity contribution in [1.29, 1.82) is 0 Å². The summed E-state index contributed by atoms with van der Waals surface area (Å²) >= 11 is 0. The lowest BCUT2D eigenvalue weighted by atomic mass is 10.2.